The van der Waals surface area contributed by atoms with Crippen molar-refractivity contribution in [3.05, 3.63) is 102 Å². The molecule has 2 amide bonds. The third-order valence-electron chi connectivity index (χ3n) is 14.3. The van der Waals surface area contributed by atoms with Gasteiger partial charge in [-0.05, 0) is 106 Å². The summed E-state index contributed by atoms with van der Waals surface area (Å²) in [7, 11) is -4.45. The number of pyridine rings is 4. The summed E-state index contributed by atoms with van der Waals surface area (Å²) >= 11 is 0. The normalized spacial score (nSPS) is 17.9. The quantitative estimate of drug-likeness (QED) is 0.0689. The van der Waals surface area contributed by atoms with E-state index < -0.39 is 74.3 Å². The molecule has 0 fully saturated rings. The maximum absolute atomic E-state index is 16.1. The molecule has 6 aromatic rings. The number of rotatable bonds is 6. The maximum atomic E-state index is 16.1. The van der Waals surface area contributed by atoms with E-state index in [-0.39, 0.29) is 98.7 Å². The maximum Gasteiger partial charge on any atom is 0.412 e. The predicted molar refractivity (Wildman–Crippen MR) is 308 cm³/mol. The van der Waals surface area contributed by atoms with Crippen molar-refractivity contribution in [2.24, 2.45) is 0 Å². The molecule has 4 aliphatic heterocycles. The highest BCUT2D eigenvalue weighted by Crippen LogP contribution is 2.42. The van der Waals surface area contributed by atoms with Crippen LogP contribution in [-0.4, -0.2) is 80.8 Å². The lowest BCUT2D eigenvalue weighted by molar-refractivity contribution is -0.172. The lowest BCUT2D eigenvalue weighted by atomic mass is 9.86. The second-order valence-corrected chi connectivity index (χ2v) is 34.3. The Balaban J connectivity index is 0.000000225. The van der Waals surface area contributed by atoms with Crippen LogP contribution < -0.4 is 32.1 Å². The Morgan fingerprint density at radius 1 is 0.650 bits per heavy atom. The first-order valence-corrected chi connectivity index (χ1v) is 32.8. The third-order valence-corrected chi connectivity index (χ3v) is 18.5. The standard InChI is InChI=1S/2C28H32FN3O6Si.2CH4/c1-8-28(36)17-10-21-22-15(12-32(21)24(33)16(17)13-37-25(28)34)23(39(5,6)7)14-9-20(18(29)11-19(14)30-22)31-26(35)38-27(2,3)4;1-8-28(36)16-11-19-22-14(12-32(19)24(33)15(16)13-37-25(28)34)23(39(5,6)7)20-17(30-22)9-10-18(21(20)29)31-26(35)38-27(2,3)4;;/h2*9-11,36H,8,12-13H2,1-7H3,(H,31,35);2*1H4/t2*28-;;/m00../s1. The summed E-state index contributed by atoms with van der Waals surface area (Å²) in [5.74, 6) is -2.87. The zero-order chi connectivity index (χ0) is 57.3. The van der Waals surface area contributed by atoms with Crippen molar-refractivity contribution in [3.8, 4) is 22.8 Å². The number of halogens is 2. The topological polar surface area (TPSA) is 240 Å². The molecule has 0 unspecified atom stereocenters. The number of fused-ring (bicyclic) bond motifs is 10. The van der Waals surface area contributed by atoms with Gasteiger partial charge in [0.1, 0.15) is 30.2 Å². The van der Waals surface area contributed by atoms with E-state index in [1.165, 1.54) is 12.1 Å². The highest BCUT2D eigenvalue weighted by molar-refractivity contribution is 6.91. The average Bonchev–Trinajstić information content (AvgIpc) is 3.88. The molecule has 0 aliphatic carbocycles. The molecule has 80 heavy (non-hydrogen) atoms. The summed E-state index contributed by atoms with van der Waals surface area (Å²) in [4.78, 5) is 86.5. The molecule has 4 N–H and O–H groups in total. The summed E-state index contributed by atoms with van der Waals surface area (Å²) < 4.78 is 55.4. The Hall–Kier alpha value is -7.15. The number of carbonyl (C=O) groups is 4. The molecule has 8 heterocycles. The molecule has 2 atom stereocenters. The van der Waals surface area contributed by atoms with Gasteiger partial charge in [0.15, 0.2) is 17.0 Å². The van der Waals surface area contributed by atoms with Crippen LogP contribution in [0.5, 0.6) is 0 Å². The first kappa shape index (κ1) is 60.5. The van der Waals surface area contributed by atoms with Crippen LogP contribution in [0.25, 0.3) is 44.6 Å². The number of aromatic nitrogens is 4. The van der Waals surface area contributed by atoms with Crippen molar-refractivity contribution in [1.29, 1.82) is 0 Å². The minimum atomic E-state index is -2.29. The van der Waals surface area contributed by atoms with Crippen LogP contribution in [-0.2, 0) is 66.0 Å². The van der Waals surface area contributed by atoms with E-state index in [1.807, 2.05) is 0 Å². The molecular formula is C58H72F2N6O12Si2. The largest absolute Gasteiger partial charge is 0.458 e. The number of cyclic esters (lactones) is 2. The minimum Gasteiger partial charge on any atom is -0.458 e. The van der Waals surface area contributed by atoms with Gasteiger partial charge in [0, 0.05) is 28.0 Å². The number of hydrogen-bond donors (Lipinski definition) is 4. The molecule has 2 aromatic carbocycles. The molecule has 0 radical (unpaired) electrons. The van der Waals surface area contributed by atoms with Gasteiger partial charge >= 0.3 is 24.1 Å². The smallest absolute Gasteiger partial charge is 0.412 e. The molecule has 4 aromatic heterocycles. The molecule has 0 bridgehead atoms. The van der Waals surface area contributed by atoms with E-state index in [4.69, 9.17) is 28.9 Å². The van der Waals surface area contributed by atoms with Gasteiger partial charge < -0.3 is 38.3 Å². The highest BCUT2D eigenvalue weighted by Gasteiger charge is 2.48. The Morgan fingerprint density at radius 3 is 1.50 bits per heavy atom. The van der Waals surface area contributed by atoms with Crippen LogP contribution >= 0.6 is 0 Å². The Bertz CT molecular complexity index is 3690. The minimum absolute atomic E-state index is 0. The first-order valence-electron chi connectivity index (χ1n) is 25.8. The van der Waals surface area contributed by atoms with Crippen molar-refractivity contribution in [1.82, 2.24) is 19.1 Å². The monoisotopic (exact) mass is 1140 g/mol. The third kappa shape index (κ3) is 10.2. The number of benzene rings is 2. The second-order valence-electron chi connectivity index (χ2n) is 24.3. The van der Waals surface area contributed by atoms with E-state index in [1.54, 1.807) is 88.8 Å². The summed E-state index contributed by atoms with van der Waals surface area (Å²) in [6.07, 6.45) is -1.46. The van der Waals surface area contributed by atoms with E-state index in [9.17, 15) is 39.0 Å². The summed E-state index contributed by atoms with van der Waals surface area (Å²) in [6.45, 7) is 26.3. The van der Waals surface area contributed by atoms with Gasteiger partial charge in [-0.15, -0.1) is 0 Å². The van der Waals surface area contributed by atoms with Gasteiger partial charge in [0.05, 0.1) is 85.5 Å². The van der Waals surface area contributed by atoms with Gasteiger partial charge in [-0.1, -0.05) is 68.0 Å². The predicted octanol–water partition coefficient (Wildman–Crippen LogP) is 9.49. The molecule has 4 aliphatic rings. The molecule has 428 valence electrons. The second kappa shape index (κ2) is 20.4. The molecular weight excluding hydrogens is 1070 g/mol. The number of carbonyl (C=O) groups excluding carboxylic acids is 4. The SMILES string of the molecule is C.C.CC[C@@]1(O)C(=O)OCc2c1cc1n(c2=O)Cc2c-1nc1cc(F)c(NC(=O)OC(C)(C)C)cc1c2[Si](C)(C)C.CC[C@@]1(O)C(=O)OCc2c1cc1n(c2=O)Cc2c-1nc1ccc(NC(=O)OC(C)(C)C)c(F)c1c2[Si](C)(C)C. The lowest BCUT2D eigenvalue weighted by Gasteiger charge is -2.31. The number of amides is 2. The van der Waals surface area contributed by atoms with Crippen LogP contribution in [0.3, 0.4) is 0 Å². The van der Waals surface area contributed by atoms with Crippen molar-refractivity contribution in [2.75, 3.05) is 10.6 Å². The van der Waals surface area contributed by atoms with Crippen LogP contribution in [0.4, 0.5) is 29.7 Å². The van der Waals surface area contributed by atoms with Crippen molar-refractivity contribution < 1.29 is 57.1 Å². The fraction of sp³-hybridized carbons (Fsp3) is 0.448. The average molecular weight is 1140 g/mol. The van der Waals surface area contributed by atoms with Gasteiger partial charge in [0.2, 0.25) is 0 Å². The van der Waals surface area contributed by atoms with Crippen LogP contribution in [0.1, 0.15) is 116 Å². The number of aliphatic hydroxyl groups is 2. The Labute approximate surface area is 464 Å². The lowest BCUT2D eigenvalue weighted by Crippen LogP contribution is -2.44. The van der Waals surface area contributed by atoms with E-state index in [2.05, 4.69) is 49.9 Å². The van der Waals surface area contributed by atoms with Crippen molar-refractivity contribution in [2.45, 2.75) is 171 Å². The summed E-state index contributed by atoms with van der Waals surface area (Å²) in [6, 6.07) is 9.21. The number of nitrogens with zero attached hydrogens (tertiary/aromatic N) is 4. The number of anilines is 2. The number of hydrogen-bond acceptors (Lipinski definition) is 14. The van der Waals surface area contributed by atoms with Gasteiger partial charge in [0.25, 0.3) is 11.1 Å². The molecule has 18 nitrogen and oxygen atoms in total. The Kier molecular flexibility index (Phi) is 15.5. The highest BCUT2D eigenvalue weighted by atomic mass is 28.3. The molecule has 0 spiro atoms. The van der Waals surface area contributed by atoms with Crippen molar-refractivity contribution >= 4 is 83.8 Å². The number of ether oxygens (including phenoxy) is 4. The zero-order valence-electron chi connectivity index (χ0n) is 46.2. The summed E-state index contributed by atoms with van der Waals surface area (Å²) in [5.41, 5.74) is -0.942. The number of nitrogens with one attached hydrogen (secondary N) is 2. The molecule has 22 heteroatoms. The zero-order valence-corrected chi connectivity index (χ0v) is 48.2. The van der Waals surface area contributed by atoms with Crippen LogP contribution in [0, 0.1) is 11.6 Å². The van der Waals surface area contributed by atoms with Gasteiger partial charge in [-0.2, -0.15) is 0 Å². The van der Waals surface area contributed by atoms with Gasteiger partial charge in [-0.25, -0.2) is 37.9 Å². The van der Waals surface area contributed by atoms with Crippen LogP contribution in [0.2, 0.25) is 39.3 Å². The first-order chi connectivity index (χ1) is 36.1. The summed E-state index contributed by atoms with van der Waals surface area (Å²) in [5, 5.41) is 30.1. The van der Waals surface area contributed by atoms with Crippen LogP contribution in [0.15, 0.2) is 46.0 Å². The number of esters is 2. The van der Waals surface area contributed by atoms with E-state index in [0.717, 1.165) is 21.5 Å². The Morgan fingerprint density at radius 2 is 1.07 bits per heavy atom. The molecule has 0 saturated carbocycles. The fourth-order valence-electron chi connectivity index (χ4n) is 10.9. The van der Waals surface area contributed by atoms with Gasteiger partial charge in [-0.3, -0.25) is 20.2 Å². The van der Waals surface area contributed by atoms with E-state index >= 15 is 8.78 Å². The fourth-order valence-corrected chi connectivity index (χ4v) is 15.1. The van der Waals surface area contributed by atoms with E-state index in [0.29, 0.717) is 44.6 Å². The van der Waals surface area contributed by atoms with Crippen molar-refractivity contribution in [3.63, 3.8) is 0 Å². The molecule has 0 saturated heterocycles. The molecule has 10 rings (SSSR count).